The van der Waals surface area contributed by atoms with Crippen molar-refractivity contribution >= 4 is 0 Å². The minimum Gasteiger partial charge on any atom is -0.396 e. The van der Waals surface area contributed by atoms with E-state index in [-0.39, 0.29) is 6.61 Å². The van der Waals surface area contributed by atoms with E-state index in [2.05, 4.69) is 23.6 Å². The number of aliphatic hydroxyl groups is 1. The summed E-state index contributed by atoms with van der Waals surface area (Å²) in [6.45, 7) is 4.48. The summed E-state index contributed by atoms with van der Waals surface area (Å²) in [5.74, 6) is 0. The highest BCUT2D eigenvalue weighted by Gasteiger charge is 2.27. The molecule has 0 spiro atoms. The van der Waals surface area contributed by atoms with Crippen molar-refractivity contribution in [3.63, 3.8) is 0 Å². The smallest absolute Gasteiger partial charge is 0.0628 e. The van der Waals surface area contributed by atoms with Gasteiger partial charge in [-0.1, -0.05) is 0 Å². The second-order valence-corrected chi connectivity index (χ2v) is 4.15. The predicted octanol–water partition coefficient (Wildman–Crippen LogP) is 1.76. The molecule has 0 atom stereocenters. The molecule has 1 aliphatic rings. The molecule has 1 aromatic heterocycles. The van der Waals surface area contributed by atoms with Crippen molar-refractivity contribution in [1.82, 2.24) is 9.78 Å². The minimum absolute atomic E-state index is 0.271. The molecular formula is C11H18N2O. The Labute approximate surface area is 84.7 Å². The first kappa shape index (κ1) is 9.71. The topological polar surface area (TPSA) is 38.0 Å². The van der Waals surface area contributed by atoms with Crippen LogP contribution in [0.3, 0.4) is 0 Å². The molecule has 1 N–H and O–H groups in total. The minimum atomic E-state index is 0.271. The summed E-state index contributed by atoms with van der Waals surface area (Å²) in [5.41, 5.74) is 3.78. The van der Waals surface area contributed by atoms with Gasteiger partial charge in [0.1, 0.15) is 0 Å². The largest absolute Gasteiger partial charge is 0.396 e. The number of aryl methyl sites for hydroxylation is 1. The Morgan fingerprint density at radius 1 is 1.43 bits per heavy atom. The molecule has 0 aromatic carbocycles. The zero-order valence-electron chi connectivity index (χ0n) is 8.95. The van der Waals surface area contributed by atoms with Crippen molar-refractivity contribution in [2.24, 2.45) is 0 Å². The Kier molecular flexibility index (Phi) is 2.59. The van der Waals surface area contributed by atoms with Gasteiger partial charge in [-0.3, -0.25) is 4.68 Å². The first-order valence-electron chi connectivity index (χ1n) is 5.39. The molecule has 1 heterocycles. The highest BCUT2D eigenvalue weighted by molar-refractivity contribution is 5.25. The van der Waals surface area contributed by atoms with Crippen LogP contribution in [0.25, 0.3) is 0 Å². The maximum Gasteiger partial charge on any atom is 0.0628 e. The summed E-state index contributed by atoms with van der Waals surface area (Å²) < 4.78 is 2.17. The lowest BCUT2D eigenvalue weighted by Crippen LogP contribution is -1.99. The molecule has 0 bridgehead atoms. The van der Waals surface area contributed by atoms with E-state index in [1.165, 1.54) is 24.1 Å². The van der Waals surface area contributed by atoms with E-state index in [9.17, 15) is 0 Å². The van der Waals surface area contributed by atoms with Crippen molar-refractivity contribution in [3.05, 3.63) is 17.0 Å². The lowest BCUT2D eigenvalue weighted by molar-refractivity contribution is 0.288. The number of nitrogens with zero attached hydrogens (tertiary/aromatic N) is 2. The number of aromatic nitrogens is 2. The summed E-state index contributed by atoms with van der Waals surface area (Å²) in [7, 11) is 0. The highest BCUT2D eigenvalue weighted by atomic mass is 16.2. The molecule has 0 amide bonds. The molecule has 3 nitrogen and oxygen atoms in total. The maximum atomic E-state index is 8.81. The van der Waals surface area contributed by atoms with Gasteiger partial charge in [-0.25, -0.2) is 0 Å². The van der Waals surface area contributed by atoms with Crippen LogP contribution in [0.15, 0.2) is 0 Å². The molecule has 1 fully saturated rings. The molecule has 3 heteroatoms. The maximum absolute atomic E-state index is 8.81. The Morgan fingerprint density at radius 3 is 2.71 bits per heavy atom. The zero-order valence-corrected chi connectivity index (χ0v) is 8.95. The Morgan fingerprint density at radius 2 is 2.14 bits per heavy atom. The van der Waals surface area contributed by atoms with Crippen LogP contribution in [0.4, 0.5) is 0 Å². The zero-order chi connectivity index (χ0) is 10.1. The molecule has 78 valence electrons. The molecule has 0 aliphatic heterocycles. The van der Waals surface area contributed by atoms with Crippen LogP contribution in [0.5, 0.6) is 0 Å². The third-order valence-corrected chi connectivity index (χ3v) is 2.95. The molecule has 0 radical (unpaired) electrons. The Balaban J connectivity index is 2.20. The molecular weight excluding hydrogens is 176 g/mol. The van der Waals surface area contributed by atoms with Crippen LogP contribution < -0.4 is 0 Å². The van der Waals surface area contributed by atoms with Crippen molar-refractivity contribution in [2.45, 2.75) is 45.6 Å². The molecule has 1 saturated carbocycles. The monoisotopic (exact) mass is 194 g/mol. The van der Waals surface area contributed by atoms with Crippen LogP contribution in [-0.4, -0.2) is 21.5 Å². The van der Waals surface area contributed by atoms with Crippen molar-refractivity contribution in [2.75, 3.05) is 6.61 Å². The first-order valence-corrected chi connectivity index (χ1v) is 5.39. The van der Waals surface area contributed by atoms with Gasteiger partial charge in [0.25, 0.3) is 0 Å². The summed E-state index contributed by atoms with van der Waals surface area (Å²) >= 11 is 0. The van der Waals surface area contributed by atoms with Crippen molar-refractivity contribution < 1.29 is 5.11 Å². The summed E-state index contributed by atoms with van der Waals surface area (Å²) in [4.78, 5) is 0. The van der Waals surface area contributed by atoms with Gasteiger partial charge in [-0.15, -0.1) is 0 Å². The number of hydrogen-bond acceptors (Lipinski definition) is 2. The van der Waals surface area contributed by atoms with Gasteiger partial charge in [0, 0.05) is 12.3 Å². The summed E-state index contributed by atoms with van der Waals surface area (Å²) in [5, 5.41) is 13.4. The second-order valence-electron chi connectivity index (χ2n) is 4.15. The predicted molar refractivity (Wildman–Crippen MR) is 55.4 cm³/mol. The van der Waals surface area contributed by atoms with Gasteiger partial charge >= 0.3 is 0 Å². The molecule has 14 heavy (non-hydrogen) atoms. The standard InChI is InChI=1S/C11H18N2O/c1-8-11(4-3-7-14)9(2)13(12-8)10-5-6-10/h10,14H,3-7H2,1-2H3. The van der Waals surface area contributed by atoms with Crippen molar-refractivity contribution in [1.29, 1.82) is 0 Å². The van der Waals surface area contributed by atoms with E-state index in [0.717, 1.165) is 18.5 Å². The van der Waals surface area contributed by atoms with Gasteiger partial charge in [0.15, 0.2) is 0 Å². The van der Waals surface area contributed by atoms with Gasteiger partial charge < -0.3 is 5.11 Å². The van der Waals surface area contributed by atoms with Crippen LogP contribution in [0.2, 0.25) is 0 Å². The Hall–Kier alpha value is -0.830. The summed E-state index contributed by atoms with van der Waals surface area (Å²) in [6, 6.07) is 0.663. The Bertz CT molecular complexity index is 326. The van der Waals surface area contributed by atoms with E-state index >= 15 is 0 Å². The molecule has 0 unspecified atom stereocenters. The lowest BCUT2D eigenvalue weighted by atomic mass is 10.1. The molecule has 2 rings (SSSR count). The molecule has 0 saturated heterocycles. The quantitative estimate of drug-likeness (QED) is 0.793. The van der Waals surface area contributed by atoms with E-state index < -0.39 is 0 Å². The van der Waals surface area contributed by atoms with Gasteiger partial charge in [-0.05, 0) is 45.1 Å². The van der Waals surface area contributed by atoms with E-state index in [4.69, 9.17) is 5.11 Å². The number of rotatable bonds is 4. The SMILES string of the molecule is Cc1nn(C2CC2)c(C)c1CCCO. The first-order chi connectivity index (χ1) is 6.74. The van der Waals surface area contributed by atoms with Gasteiger partial charge in [-0.2, -0.15) is 5.10 Å². The summed E-state index contributed by atoms with van der Waals surface area (Å²) in [6.07, 6.45) is 4.36. The highest BCUT2D eigenvalue weighted by Crippen LogP contribution is 2.36. The molecule has 1 aromatic rings. The average Bonchev–Trinajstić information content (AvgIpc) is 2.94. The molecule has 1 aliphatic carbocycles. The van der Waals surface area contributed by atoms with Crippen LogP contribution >= 0.6 is 0 Å². The third kappa shape index (κ3) is 1.69. The average molecular weight is 194 g/mol. The fraction of sp³-hybridized carbons (Fsp3) is 0.727. The number of hydrogen-bond donors (Lipinski definition) is 1. The van der Waals surface area contributed by atoms with Crippen molar-refractivity contribution in [3.8, 4) is 0 Å². The lowest BCUT2D eigenvalue weighted by Gasteiger charge is -2.02. The van der Waals surface area contributed by atoms with Crippen LogP contribution in [0.1, 0.15) is 42.3 Å². The van der Waals surface area contributed by atoms with E-state index in [0.29, 0.717) is 6.04 Å². The van der Waals surface area contributed by atoms with E-state index in [1.807, 2.05) is 0 Å². The van der Waals surface area contributed by atoms with Gasteiger partial charge in [0.2, 0.25) is 0 Å². The van der Waals surface area contributed by atoms with Gasteiger partial charge in [0.05, 0.1) is 11.7 Å². The van der Waals surface area contributed by atoms with E-state index in [1.54, 1.807) is 0 Å². The normalized spacial score (nSPS) is 16.2. The second kappa shape index (κ2) is 3.73. The fourth-order valence-electron chi connectivity index (χ4n) is 1.99. The van der Waals surface area contributed by atoms with Crippen LogP contribution in [-0.2, 0) is 6.42 Å². The van der Waals surface area contributed by atoms with Crippen LogP contribution in [0, 0.1) is 13.8 Å². The third-order valence-electron chi connectivity index (χ3n) is 2.95. The fourth-order valence-corrected chi connectivity index (χ4v) is 1.99. The number of aliphatic hydroxyl groups excluding tert-OH is 1.